The second-order valence-electron chi connectivity index (χ2n) is 6.47. The highest BCUT2D eigenvalue weighted by atomic mass is 16.2. The maximum atomic E-state index is 11.7. The highest BCUT2D eigenvalue weighted by Gasteiger charge is 2.41. The molecule has 4 N–H and O–H groups in total. The highest BCUT2D eigenvalue weighted by molar-refractivity contribution is 6.07. The van der Waals surface area contributed by atoms with Gasteiger partial charge in [-0.2, -0.15) is 0 Å². The summed E-state index contributed by atoms with van der Waals surface area (Å²) in [5, 5.41) is 0. The van der Waals surface area contributed by atoms with Crippen molar-refractivity contribution in [2.75, 3.05) is 0 Å². The van der Waals surface area contributed by atoms with Crippen molar-refractivity contribution in [3.8, 4) is 0 Å². The Morgan fingerprint density at radius 2 is 1.70 bits per heavy atom. The Labute approximate surface area is 136 Å². The molecule has 4 nitrogen and oxygen atoms in total. The van der Waals surface area contributed by atoms with Crippen molar-refractivity contribution < 1.29 is 9.59 Å². The molecule has 120 valence electrons. The first-order chi connectivity index (χ1) is 11.0. The van der Waals surface area contributed by atoms with Crippen molar-refractivity contribution in [1.82, 2.24) is 0 Å². The smallest absolute Gasteiger partial charge is 0.237 e. The Bertz CT molecular complexity index is 683. The number of benzene rings is 1. The molecular weight excluding hydrogens is 288 g/mol. The Kier molecular flexibility index (Phi) is 4.07. The molecule has 0 spiro atoms. The van der Waals surface area contributed by atoms with Gasteiger partial charge >= 0.3 is 0 Å². The normalized spacial score (nSPS) is 20.3. The number of nitrogens with two attached hydrogens (primary N) is 2. The molecule has 1 saturated carbocycles. The van der Waals surface area contributed by atoms with Gasteiger partial charge in [-0.3, -0.25) is 9.59 Å². The second-order valence-corrected chi connectivity index (χ2v) is 6.47. The summed E-state index contributed by atoms with van der Waals surface area (Å²) < 4.78 is 0. The number of carbonyl (C=O) groups excluding carboxylic acids is 2. The maximum Gasteiger partial charge on any atom is 0.237 e. The lowest BCUT2D eigenvalue weighted by molar-refractivity contribution is -0.136. The first kappa shape index (κ1) is 15.5. The number of carbonyl (C=O) groups is 2. The van der Waals surface area contributed by atoms with Gasteiger partial charge in [0.05, 0.1) is 0 Å². The van der Waals surface area contributed by atoms with E-state index >= 15 is 0 Å². The predicted molar refractivity (Wildman–Crippen MR) is 90.2 cm³/mol. The van der Waals surface area contributed by atoms with E-state index in [0.717, 1.165) is 5.57 Å². The third-order valence-electron chi connectivity index (χ3n) is 5.14. The molecule has 0 atom stereocenters. The van der Waals surface area contributed by atoms with Crippen LogP contribution in [0.3, 0.4) is 0 Å². The van der Waals surface area contributed by atoms with Crippen LogP contribution in [0.25, 0.3) is 5.57 Å². The highest BCUT2D eigenvalue weighted by Crippen LogP contribution is 2.40. The van der Waals surface area contributed by atoms with E-state index < -0.39 is 17.2 Å². The SMILES string of the molecule is NC(=O)C1(C(N)=O)C=CC(c2ccccc2C2CCCC2)=CC1. The summed E-state index contributed by atoms with van der Waals surface area (Å²) in [6.07, 6.45) is 10.5. The van der Waals surface area contributed by atoms with Gasteiger partial charge in [-0.05, 0) is 41.9 Å². The van der Waals surface area contributed by atoms with Crippen LogP contribution in [-0.4, -0.2) is 11.8 Å². The van der Waals surface area contributed by atoms with Crippen LogP contribution < -0.4 is 11.5 Å². The number of amides is 2. The lowest BCUT2D eigenvalue weighted by Crippen LogP contribution is -2.46. The molecule has 2 aliphatic rings. The summed E-state index contributed by atoms with van der Waals surface area (Å²) in [6.45, 7) is 0. The van der Waals surface area contributed by atoms with Crippen molar-refractivity contribution in [2.45, 2.75) is 38.0 Å². The Morgan fingerprint density at radius 3 is 2.26 bits per heavy atom. The summed E-state index contributed by atoms with van der Waals surface area (Å²) in [4.78, 5) is 23.4. The van der Waals surface area contributed by atoms with Gasteiger partial charge in [0.1, 0.15) is 5.41 Å². The molecule has 4 heteroatoms. The van der Waals surface area contributed by atoms with E-state index in [-0.39, 0.29) is 6.42 Å². The molecule has 0 saturated heterocycles. The molecule has 1 aromatic rings. The van der Waals surface area contributed by atoms with Gasteiger partial charge in [-0.15, -0.1) is 0 Å². The van der Waals surface area contributed by atoms with Crippen LogP contribution in [0, 0.1) is 5.41 Å². The zero-order valence-corrected chi connectivity index (χ0v) is 13.1. The van der Waals surface area contributed by atoms with Crippen LogP contribution in [-0.2, 0) is 9.59 Å². The van der Waals surface area contributed by atoms with Gasteiger partial charge in [0.2, 0.25) is 11.8 Å². The topological polar surface area (TPSA) is 86.2 Å². The Balaban J connectivity index is 1.93. The van der Waals surface area contributed by atoms with Crippen molar-refractivity contribution in [3.63, 3.8) is 0 Å². The van der Waals surface area contributed by atoms with Gasteiger partial charge in [0.15, 0.2) is 0 Å². The van der Waals surface area contributed by atoms with E-state index in [9.17, 15) is 9.59 Å². The fraction of sp³-hybridized carbons (Fsp3) is 0.368. The molecular formula is C19H22N2O2. The molecule has 0 radical (unpaired) electrons. The number of primary amides is 2. The van der Waals surface area contributed by atoms with Gasteiger partial charge in [0.25, 0.3) is 0 Å². The van der Waals surface area contributed by atoms with E-state index in [0.29, 0.717) is 5.92 Å². The predicted octanol–water partition coefficient (Wildman–Crippen LogP) is 2.64. The van der Waals surface area contributed by atoms with Gasteiger partial charge < -0.3 is 11.5 Å². The minimum absolute atomic E-state index is 0.225. The van der Waals surface area contributed by atoms with E-state index in [1.165, 1.54) is 36.8 Å². The molecule has 0 aromatic heterocycles. The van der Waals surface area contributed by atoms with E-state index in [1.54, 1.807) is 6.08 Å². The van der Waals surface area contributed by atoms with E-state index in [2.05, 4.69) is 18.2 Å². The first-order valence-corrected chi connectivity index (χ1v) is 8.13. The zero-order chi connectivity index (χ0) is 16.4. The Hall–Kier alpha value is -2.36. The van der Waals surface area contributed by atoms with E-state index in [4.69, 9.17) is 11.5 Å². The molecule has 0 bridgehead atoms. The Morgan fingerprint density at radius 1 is 1.04 bits per heavy atom. The number of hydrogen-bond acceptors (Lipinski definition) is 2. The largest absolute Gasteiger partial charge is 0.368 e. The molecule has 0 unspecified atom stereocenters. The third-order valence-corrected chi connectivity index (χ3v) is 5.14. The lowest BCUT2D eigenvalue weighted by atomic mass is 9.77. The standard InChI is InChI=1S/C19H22N2O2/c20-17(22)19(18(21)23)11-9-14(10-12-19)16-8-4-3-7-15(16)13-5-1-2-6-13/h3-4,7-11,13H,1-2,5-6,12H2,(H2,20,22)(H2,21,23). The minimum Gasteiger partial charge on any atom is -0.368 e. The maximum absolute atomic E-state index is 11.7. The molecule has 1 fully saturated rings. The molecule has 3 rings (SSSR count). The molecule has 0 aliphatic heterocycles. The summed E-state index contributed by atoms with van der Waals surface area (Å²) in [5.74, 6) is -0.791. The van der Waals surface area contributed by atoms with Crippen molar-refractivity contribution in [1.29, 1.82) is 0 Å². The number of rotatable bonds is 4. The van der Waals surface area contributed by atoms with Crippen molar-refractivity contribution >= 4 is 17.4 Å². The fourth-order valence-electron chi connectivity index (χ4n) is 3.68. The molecule has 23 heavy (non-hydrogen) atoms. The van der Waals surface area contributed by atoms with Crippen LogP contribution >= 0.6 is 0 Å². The summed E-state index contributed by atoms with van der Waals surface area (Å²) in [6, 6.07) is 8.38. The number of hydrogen-bond donors (Lipinski definition) is 2. The van der Waals surface area contributed by atoms with Crippen LogP contribution in [0.1, 0.15) is 49.1 Å². The average molecular weight is 310 g/mol. The van der Waals surface area contributed by atoms with Gasteiger partial charge in [-0.25, -0.2) is 0 Å². The average Bonchev–Trinajstić information content (AvgIpc) is 3.09. The molecule has 2 aliphatic carbocycles. The summed E-state index contributed by atoms with van der Waals surface area (Å²) >= 11 is 0. The molecule has 0 heterocycles. The summed E-state index contributed by atoms with van der Waals surface area (Å²) in [7, 11) is 0. The van der Waals surface area contributed by atoms with Crippen LogP contribution in [0.2, 0.25) is 0 Å². The van der Waals surface area contributed by atoms with Crippen LogP contribution in [0.5, 0.6) is 0 Å². The molecule has 1 aromatic carbocycles. The fourth-order valence-corrected chi connectivity index (χ4v) is 3.68. The lowest BCUT2D eigenvalue weighted by Gasteiger charge is -2.26. The summed E-state index contributed by atoms with van der Waals surface area (Å²) in [5.41, 5.74) is 13.0. The van der Waals surface area contributed by atoms with Crippen molar-refractivity contribution in [2.24, 2.45) is 16.9 Å². The second kappa shape index (κ2) is 6.03. The first-order valence-electron chi connectivity index (χ1n) is 8.13. The minimum atomic E-state index is -1.40. The molecule has 2 amide bonds. The third kappa shape index (κ3) is 2.69. The zero-order valence-electron chi connectivity index (χ0n) is 13.1. The monoisotopic (exact) mass is 310 g/mol. The van der Waals surface area contributed by atoms with Crippen LogP contribution in [0.15, 0.2) is 42.5 Å². The number of allylic oxidation sites excluding steroid dienone is 3. The van der Waals surface area contributed by atoms with E-state index in [1.807, 2.05) is 18.2 Å². The van der Waals surface area contributed by atoms with Gasteiger partial charge in [-0.1, -0.05) is 55.3 Å². The van der Waals surface area contributed by atoms with Crippen molar-refractivity contribution in [3.05, 3.63) is 53.6 Å². The quantitative estimate of drug-likeness (QED) is 0.838. The van der Waals surface area contributed by atoms with Gasteiger partial charge in [0, 0.05) is 0 Å². The van der Waals surface area contributed by atoms with Crippen LogP contribution in [0.4, 0.5) is 0 Å².